The minimum Gasteiger partial charge on any atom is -0.508 e. The molecular weight excluding hydrogens is 476 g/mol. The topological polar surface area (TPSA) is 240 Å². The quantitative estimate of drug-likeness (QED) is 0.135. The number of H-pyrrole nitrogens is 1. The summed E-state index contributed by atoms with van der Waals surface area (Å²) in [6.07, 6.45) is 1.41. The number of rotatable bonds is 13. The van der Waals surface area contributed by atoms with Crippen molar-refractivity contribution in [2.24, 2.45) is 5.73 Å². The van der Waals surface area contributed by atoms with Gasteiger partial charge < -0.3 is 47.1 Å². The number of aliphatic hydroxyl groups excluding tert-OH is 2. The first-order valence-electron chi connectivity index (χ1n) is 10.9. The third kappa shape index (κ3) is 8.33. The number of carbonyl (C=O) groups is 4. The zero-order chi connectivity index (χ0) is 26.8. The van der Waals surface area contributed by atoms with Gasteiger partial charge in [0.1, 0.15) is 23.9 Å². The minimum atomic E-state index is -1.64. The first-order chi connectivity index (χ1) is 17.0. The number of nitrogens with one attached hydrogen (secondary N) is 4. The number of carbonyl (C=O) groups excluding carboxylic acids is 3. The Bertz CT molecular complexity index is 1030. The fourth-order valence-corrected chi connectivity index (χ4v) is 3.19. The van der Waals surface area contributed by atoms with Crippen molar-refractivity contribution < 1.29 is 39.6 Å². The van der Waals surface area contributed by atoms with Crippen LogP contribution in [0.1, 0.15) is 18.2 Å². The molecule has 3 amide bonds. The molecule has 0 fully saturated rings. The van der Waals surface area contributed by atoms with Crippen LogP contribution in [0, 0.1) is 0 Å². The maximum Gasteiger partial charge on any atom is 0.328 e. The standard InChI is InChI=1S/C22H30N6O8/c1-11(30)18(21(34)27-17(9-29)22(35)36)28-20(33)16(7-13-8-24-10-25-13)26-19(32)15(23)6-12-2-4-14(31)5-3-12/h2-5,8,10-11,15-18,29-31H,6-7,9,23H2,1H3,(H,24,25)(H,26,32)(H,27,34)(H,28,33)(H,35,36). The van der Waals surface area contributed by atoms with Crippen LogP contribution in [-0.4, -0.2) is 91.0 Å². The fourth-order valence-electron chi connectivity index (χ4n) is 3.19. The lowest BCUT2D eigenvalue weighted by molar-refractivity contribution is -0.144. The molecule has 2 aromatic rings. The van der Waals surface area contributed by atoms with Gasteiger partial charge in [-0.2, -0.15) is 0 Å². The molecule has 0 aliphatic carbocycles. The van der Waals surface area contributed by atoms with E-state index in [0.29, 0.717) is 11.3 Å². The second kappa shape index (κ2) is 13.2. The lowest BCUT2D eigenvalue weighted by atomic mass is 10.0. The molecule has 0 aliphatic rings. The number of aliphatic hydroxyl groups is 2. The normalized spacial score (nSPS) is 15.1. The average molecular weight is 507 g/mol. The van der Waals surface area contributed by atoms with Crippen LogP contribution in [0.15, 0.2) is 36.8 Å². The summed E-state index contributed by atoms with van der Waals surface area (Å²) < 4.78 is 0. The van der Waals surface area contributed by atoms with Crippen LogP contribution in [-0.2, 0) is 32.0 Å². The van der Waals surface area contributed by atoms with Crippen LogP contribution < -0.4 is 21.7 Å². The highest BCUT2D eigenvalue weighted by Crippen LogP contribution is 2.11. The second-order valence-electron chi connectivity index (χ2n) is 8.13. The molecule has 2 rings (SSSR count). The molecule has 0 spiro atoms. The number of nitrogens with zero attached hydrogens (tertiary/aromatic N) is 1. The number of aromatic amines is 1. The Balaban J connectivity index is 2.14. The van der Waals surface area contributed by atoms with Crippen molar-refractivity contribution in [3.63, 3.8) is 0 Å². The van der Waals surface area contributed by atoms with Crippen LogP contribution >= 0.6 is 0 Å². The van der Waals surface area contributed by atoms with Gasteiger partial charge >= 0.3 is 5.97 Å². The maximum atomic E-state index is 13.0. The number of hydrogen-bond donors (Lipinski definition) is 9. The first-order valence-corrected chi connectivity index (χ1v) is 10.9. The number of amides is 3. The van der Waals surface area contributed by atoms with E-state index in [0.717, 1.165) is 0 Å². The Morgan fingerprint density at radius 3 is 2.17 bits per heavy atom. The molecule has 0 bridgehead atoms. The Morgan fingerprint density at radius 1 is 1.00 bits per heavy atom. The Kier molecular flexibility index (Phi) is 10.3. The summed E-state index contributed by atoms with van der Waals surface area (Å²) in [6, 6.07) is 0.559. The van der Waals surface area contributed by atoms with E-state index in [4.69, 9.17) is 15.9 Å². The van der Waals surface area contributed by atoms with E-state index in [1.54, 1.807) is 12.1 Å². The number of carboxylic acid groups (broad SMARTS) is 1. The number of phenols is 1. The summed E-state index contributed by atoms with van der Waals surface area (Å²) in [4.78, 5) is 56.0. The minimum absolute atomic E-state index is 0.0541. The van der Waals surface area contributed by atoms with Gasteiger partial charge in [-0.3, -0.25) is 14.4 Å². The Hall–Kier alpha value is -4.01. The van der Waals surface area contributed by atoms with Crippen molar-refractivity contribution in [1.82, 2.24) is 25.9 Å². The third-order valence-corrected chi connectivity index (χ3v) is 5.20. The zero-order valence-electron chi connectivity index (χ0n) is 19.4. The number of benzene rings is 1. The van der Waals surface area contributed by atoms with Crippen LogP contribution in [0.3, 0.4) is 0 Å². The number of aromatic hydroxyl groups is 1. The van der Waals surface area contributed by atoms with Gasteiger partial charge in [0.2, 0.25) is 17.7 Å². The smallest absolute Gasteiger partial charge is 0.328 e. The first kappa shape index (κ1) is 28.2. The maximum absolute atomic E-state index is 13.0. The van der Waals surface area contributed by atoms with Gasteiger partial charge in [0.15, 0.2) is 0 Å². The number of aromatic nitrogens is 2. The van der Waals surface area contributed by atoms with Crippen LogP contribution in [0.2, 0.25) is 0 Å². The summed E-state index contributed by atoms with van der Waals surface area (Å²) in [5.41, 5.74) is 7.15. The SMILES string of the molecule is CC(O)C(NC(=O)C(Cc1cnc[nH]1)NC(=O)C(N)Cc1ccc(O)cc1)C(=O)NC(CO)C(=O)O. The fraction of sp³-hybridized carbons (Fsp3) is 0.409. The van der Waals surface area contributed by atoms with Gasteiger partial charge in [0.25, 0.3) is 0 Å². The van der Waals surface area contributed by atoms with Crippen molar-refractivity contribution in [1.29, 1.82) is 0 Å². The van der Waals surface area contributed by atoms with E-state index in [2.05, 4.69) is 20.6 Å². The lowest BCUT2D eigenvalue weighted by Crippen LogP contribution is -2.60. The van der Waals surface area contributed by atoms with Crippen molar-refractivity contribution in [3.05, 3.63) is 48.0 Å². The predicted octanol–water partition coefficient (Wildman–Crippen LogP) is -2.86. The number of aliphatic carboxylic acids is 1. The predicted molar refractivity (Wildman–Crippen MR) is 124 cm³/mol. The summed E-state index contributed by atoms with van der Waals surface area (Å²) >= 11 is 0. The van der Waals surface area contributed by atoms with Gasteiger partial charge in [0.05, 0.1) is 25.1 Å². The molecule has 196 valence electrons. The molecule has 0 saturated carbocycles. The molecular formula is C22H30N6O8. The van der Waals surface area contributed by atoms with Crippen LogP contribution in [0.25, 0.3) is 0 Å². The van der Waals surface area contributed by atoms with E-state index in [-0.39, 0.29) is 18.6 Å². The molecule has 14 nitrogen and oxygen atoms in total. The van der Waals surface area contributed by atoms with Crippen molar-refractivity contribution in [2.75, 3.05) is 6.61 Å². The van der Waals surface area contributed by atoms with Gasteiger partial charge in [0, 0.05) is 18.3 Å². The lowest BCUT2D eigenvalue weighted by Gasteiger charge is -2.26. The van der Waals surface area contributed by atoms with E-state index >= 15 is 0 Å². The van der Waals surface area contributed by atoms with Crippen molar-refractivity contribution >= 4 is 23.7 Å². The molecule has 10 N–H and O–H groups in total. The Morgan fingerprint density at radius 2 is 1.64 bits per heavy atom. The summed E-state index contributed by atoms with van der Waals surface area (Å²) in [7, 11) is 0. The second-order valence-corrected chi connectivity index (χ2v) is 8.13. The molecule has 0 aliphatic heterocycles. The summed E-state index contributed by atoms with van der Waals surface area (Å²) in [5, 5.41) is 44.4. The molecule has 0 saturated heterocycles. The highest BCUT2D eigenvalue weighted by Gasteiger charge is 2.33. The molecule has 0 radical (unpaired) electrons. The van der Waals surface area contributed by atoms with Crippen molar-refractivity contribution in [3.8, 4) is 5.75 Å². The largest absolute Gasteiger partial charge is 0.508 e. The molecule has 36 heavy (non-hydrogen) atoms. The number of hydrogen-bond acceptors (Lipinski definition) is 9. The van der Waals surface area contributed by atoms with E-state index in [1.165, 1.54) is 31.6 Å². The van der Waals surface area contributed by atoms with Crippen LogP contribution in [0.5, 0.6) is 5.75 Å². The van der Waals surface area contributed by atoms with E-state index in [1.807, 2.05) is 5.32 Å². The number of carboxylic acids is 1. The summed E-state index contributed by atoms with van der Waals surface area (Å²) in [6.45, 7) is 0.300. The molecule has 5 atom stereocenters. The molecule has 5 unspecified atom stereocenters. The van der Waals surface area contributed by atoms with Crippen molar-refractivity contribution in [2.45, 2.75) is 50.0 Å². The highest BCUT2D eigenvalue weighted by molar-refractivity contribution is 5.94. The number of nitrogens with two attached hydrogens (primary N) is 1. The number of imidazole rings is 1. The zero-order valence-corrected chi connectivity index (χ0v) is 19.4. The molecule has 1 aromatic carbocycles. The third-order valence-electron chi connectivity index (χ3n) is 5.20. The van der Waals surface area contributed by atoms with Gasteiger partial charge in [-0.15, -0.1) is 0 Å². The highest BCUT2D eigenvalue weighted by atomic mass is 16.4. The summed E-state index contributed by atoms with van der Waals surface area (Å²) in [5.74, 6) is -4.03. The molecule has 1 aromatic heterocycles. The average Bonchev–Trinajstić information content (AvgIpc) is 3.34. The van der Waals surface area contributed by atoms with Gasteiger partial charge in [-0.1, -0.05) is 12.1 Å². The van der Waals surface area contributed by atoms with Gasteiger partial charge in [-0.25, -0.2) is 9.78 Å². The Labute approximate surface area is 205 Å². The van der Waals surface area contributed by atoms with Crippen LogP contribution in [0.4, 0.5) is 0 Å². The number of phenolic OH excluding ortho intramolecular Hbond substituents is 1. The molecule has 14 heteroatoms. The van der Waals surface area contributed by atoms with Gasteiger partial charge in [-0.05, 0) is 31.0 Å². The van der Waals surface area contributed by atoms with E-state index in [9.17, 15) is 29.4 Å². The monoisotopic (exact) mass is 506 g/mol. The van der Waals surface area contributed by atoms with E-state index < -0.39 is 60.6 Å². The molecule has 1 heterocycles.